The molecule has 1 saturated heterocycles. The third kappa shape index (κ3) is 4.93. The average molecular weight is 318 g/mol. The zero-order valence-electron chi connectivity index (χ0n) is 12.5. The molecule has 0 spiro atoms. The number of nitrogens with zero attached hydrogens (tertiary/aromatic N) is 1. The molecule has 1 heterocycles. The normalized spacial score (nSPS) is 27.0. The van der Waals surface area contributed by atoms with Crippen LogP contribution >= 0.6 is 0 Å². The topological polar surface area (TPSA) is 86.7 Å². The van der Waals surface area contributed by atoms with Crippen LogP contribution in [0.5, 0.6) is 0 Å². The van der Waals surface area contributed by atoms with Gasteiger partial charge in [-0.25, -0.2) is 0 Å². The van der Waals surface area contributed by atoms with Gasteiger partial charge in [0, 0.05) is 19.1 Å². The van der Waals surface area contributed by atoms with Crippen LogP contribution < -0.4 is 4.72 Å². The van der Waals surface area contributed by atoms with E-state index in [1.807, 2.05) is 0 Å². The van der Waals surface area contributed by atoms with Gasteiger partial charge in [0.2, 0.25) is 0 Å². The first kappa shape index (κ1) is 16.7. The van der Waals surface area contributed by atoms with Gasteiger partial charge in [0.1, 0.15) is 0 Å². The molecule has 2 aliphatic rings. The number of nitrogens with one attached hydrogen (secondary N) is 1. The van der Waals surface area contributed by atoms with Crippen LogP contribution in [0.15, 0.2) is 0 Å². The Bertz CT molecular complexity index is 444. The second-order valence-corrected chi connectivity index (χ2v) is 7.90. The zero-order valence-corrected chi connectivity index (χ0v) is 13.3. The monoisotopic (exact) mass is 318 g/mol. The number of hydrogen-bond acceptors (Lipinski definition) is 3. The molecule has 0 aromatic heterocycles. The number of hydrogen-bond donors (Lipinski definition) is 2. The molecule has 1 aliphatic heterocycles. The molecule has 1 saturated carbocycles. The molecule has 2 N–H and O–H groups in total. The van der Waals surface area contributed by atoms with Gasteiger partial charge in [-0.1, -0.05) is 32.1 Å². The van der Waals surface area contributed by atoms with Gasteiger partial charge in [-0.05, 0) is 25.7 Å². The standard InChI is InChI=1S/C14H26N2O4S/c17-14(18)12-7-6-10-16(11-12)21(19,20)15-13-8-4-2-1-3-5-9-13/h12-13,15H,1-11H2,(H,17,18). The number of carboxylic acid groups (broad SMARTS) is 1. The lowest BCUT2D eigenvalue weighted by atomic mass is 9.97. The summed E-state index contributed by atoms with van der Waals surface area (Å²) in [5, 5.41) is 9.07. The Morgan fingerprint density at radius 2 is 1.62 bits per heavy atom. The van der Waals surface area contributed by atoms with Gasteiger partial charge in [0.25, 0.3) is 10.2 Å². The molecule has 0 aromatic rings. The van der Waals surface area contributed by atoms with E-state index in [0.29, 0.717) is 19.4 Å². The van der Waals surface area contributed by atoms with E-state index in [-0.39, 0.29) is 12.6 Å². The Morgan fingerprint density at radius 1 is 1.00 bits per heavy atom. The van der Waals surface area contributed by atoms with Gasteiger partial charge >= 0.3 is 5.97 Å². The van der Waals surface area contributed by atoms with E-state index in [1.165, 1.54) is 23.6 Å². The van der Waals surface area contributed by atoms with Crippen molar-refractivity contribution >= 4 is 16.2 Å². The fraction of sp³-hybridized carbons (Fsp3) is 0.929. The smallest absolute Gasteiger partial charge is 0.307 e. The fourth-order valence-corrected chi connectivity index (χ4v) is 4.77. The molecule has 122 valence electrons. The second-order valence-electron chi connectivity index (χ2n) is 6.20. The molecule has 1 atom stereocenters. The molecular weight excluding hydrogens is 292 g/mol. The van der Waals surface area contributed by atoms with Gasteiger partial charge in [0.05, 0.1) is 5.92 Å². The highest BCUT2D eigenvalue weighted by molar-refractivity contribution is 7.87. The summed E-state index contributed by atoms with van der Waals surface area (Å²) in [6, 6.07) is 0.000467. The van der Waals surface area contributed by atoms with Crippen LogP contribution in [0.3, 0.4) is 0 Å². The van der Waals surface area contributed by atoms with Crippen molar-refractivity contribution in [3.05, 3.63) is 0 Å². The average Bonchev–Trinajstić information content (AvgIpc) is 2.42. The van der Waals surface area contributed by atoms with Crippen molar-refractivity contribution in [3.8, 4) is 0 Å². The summed E-state index contributed by atoms with van der Waals surface area (Å²) in [7, 11) is -3.56. The Kier molecular flexibility index (Phi) is 6.01. The van der Waals surface area contributed by atoms with Crippen molar-refractivity contribution in [2.45, 2.75) is 63.8 Å². The van der Waals surface area contributed by atoms with Crippen LogP contribution in [0.25, 0.3) is 0 Å². The van der Waals surface area contributed by atoms with Crippen molar-refractivity contribution in [3.63, 3.8) is 0 Å². The highest BCUT2D eigenvalue weighted by Gasteiger charge is 2.33. The van der Waals surface area contributed by atoms with Crippen LogP contribution in [-0.4, -0.2) is 42.9 Å². The molecular formula is C14H26N2O4S. The summed E-state index contributed by atoms with van der Waals surface area (Å²) < 4.78 is 29.0. The van der Waals surface area contributed by atoms with Crippen LogP contribution in [0.4, 0.5) is 0 Å². The van der Waals surface area contributed by atoms with Crippen molar-refractivity contribution in [2.75, 3.05) is 13.1 Å². The van der Waals surface area contributed by atoms with Gasteiger partial charge < -0.3 is 5.11 Å². The highest BCUT2D eigenvalue weighted by atomic mass is 32.2. The number of rotatable bonds is 4. The van der Waals surface area contributed by atoms with E-state index < -0.39 is 22.1 Å². The van der Waals surface area contributed by atoms with Crippen LogP contribution in [0.1, 0.15) is 57.8 Å². The molecule has 0 amide bonds. The molecule has 1 unspecified atom stereocenters. The minimum atomic E-state index is -3.56. The SMILES string of the molecule is O=C(O)C1CCCN(S(=O)(=O)NC2CCCCCCC2)C1. The summed E-state index contributed by atoms with van der Waals surface area (Å²) in [6.07, 6.45) is 8.64. The zero-order chi connectivity index (χ0) is 15.3. The van der Waals surface area contributed by atoms with E-state index in [2.05, 4.69) is 4.72 Å². The van der Waals surface area contributed by atoms with Crippen molar-refractivity contribution in [1.82, 2.24) is 9.03 Å². The predicted octanol–water partition coefficient (Wildman–Crippen LogP) is 1.73. The maximum Gasteiger partial charge on any atom is 0.307 e. The molecule has 6 nitrogen and oxygen atoms in total. The summed E-state index contributed by atoms with van der Waals surface area (Å²) in [6.45, 7) is 0.517. The first-order chi connectivity index (χ1) is 9.99. The van der Waals surface area contributed by atoms with Gasteiger partial charge in [-0.15, -0.1) is 0 Å². The van der Waals surface area contributed by atoms with E-state index in [9.17, 15) is 13.2 Å². The molecule has 2 fully saturated rings. The molecule has 0 aromatic carbocycles. The summed E-state index contributed by atoms with van der Waals surface area (Å²) in [5.41, 5.74) is 0. The minimum Gasteiger partial charge on any atom is -0.481 e. The van der Waals surface area contributed by atoms with Crippen LogP contribution in [0.2, 0.25) is 0 Å². The Morgan fingerprint density at radius 3 is 2.24 bits per heavy atom. The first-order valence-electron chi connectivity index (χ1n) is 7.99. The molecule has 7 heteroatoms. The number of piperidine rings is 1. The van der Waals surface area contributed by atoms with Gasteiger partial charge in [-0.3, -0.25) is 4.79 Å². The quantitative estimate of drug-likeness (QED) is 0.826. The molecule has 1 aliphatic carbocycles. The van der Waals surface area contributed by atoms with E-state index in [4.69, 9.17) is 5.11 Å². The number of aliphatic carboxylic acids is 1. The van der Waals surface area contributed by atoms with Crippen molar-refractivity contribution in [1.29, 1.82) is 0 Å². The molecule has 21 heavy (non-hydrogen) atoms. The Balaban J connectivity index is 1.94. The van der Waals surface area contributed by atoms with Gasteiger partial charge in [-0.2, -0.15) is 17.4 Å². The fourth-order valence-electron chi connectivity index (χ4n) is 3.22. The maximum atomic E-state index is 12.4. The van der Waals surface area contributed by atoms with Crippen molar-refractivity contribution in [2.24, 2.45) is 5.92 Å². The molecule has 0 radical (unpaired) electrons. The lowest BCUT2D eigenvalue weighted by Gasteiger charge is -2.31. The van der Waals surface area contributed by atoms with Crippen LogP contribution in [-0.2, 0) is 15.0 Å². The van der Waals surface area contributed by atoms with Gasteiger partial charge in [0.15, 0.2) is 0 Å². The third-order valence-electron chi connectivity index (χ3n) is 4.49. The number of carboxylic acids is 1. The van der Waals surface area contributed by atoms with E-state index in [0.717, 1.165) is 25.7 Å². The first-order valence-corrected chi connectivity index (χ1v) is 9.43. The minimum absolute atomic E-state index is 0.000467. The number of carbonyl (C=O) groups is 1. The summed E-state index contributed by atoms with van der Waals surface area (Å²) in [4.78, 5) is 11.1. The third-order valence-corrected chi connectivity index (χ3v) is 6.14. The summed E-state index contributed by atoms with van der Waals surface area (Å²) >= 11 is 0. The molecule has 0 bridgehead atoms. The lowest BCUT2D eigenvalue weighted by Crippen LogP contribution is -2.50. The second kappa shape index (κ2) is 7.56. The Labute approximate surface area is 127 Å². The molecule has 2 rings (SSSR count). The predicted molar refractivity (Wildman–Crippen MR) is 80.1 cm³/mol. The summed E-state index contributed by atoms with van der Waals surface area (Å²) in [5.74, 6) is -1.48. The van der Waals surface area contributed by atoms with E-state index in [1.54, 1.807) is 0 Å². The highest BCUT2D eigenvalue weighted by Crippen LogP contribution is 2.21. The maximum absolute atomic E-state index is 12.4. The van der Waals surface area contributed by atoms with E-state index >= 15 is 0 Å². The largest absolute Gasteiger partial charge is 0.481 e. The lowest BCUT2D eigenvalue weighted by molar-refractivity contribution is -0.142. The van der Waals surface area contributed by atoms with Crippen molar-refractivity contribution < 1.29 is 18.3 Å². The van der Waals surface area contributed by atoms with Crippen LogP contribution in [0, 0.1) is 5.92 Å². The Hall–Kier alpha value is -0.660.